The first-order chi connectivity index (χ1) is 13.6. The van der Waals surface area contributed by atoms with Crippen LogP contribution in [0.3, 0.4) is 0 Å². The second kappa shape index (κ2) is 10.2. The van der Waals surface area contributed by atoms with Gasteiger partial charge >= 0.3 is 0 Å². The largest absolute Gasteiger partial charge is 0.355 e. The predicted molar refractivity (Wildman–Crippen MR) is 111 cm³/mol. The molecule has 1 N–H and O–H groups in total. The molecule has 0 unspecified atom stereocenters. The molecule has 1 aliphatic heterocycles. The van der Waals surface area contributed by atoms with Crippen LogP contribution in [0.15, 0.2) is 54.6 Å². The van der Waals surface area contributed by atoms with Crippen LogP contribution >= 0.6 is 11.6 Å². The van der Waals surface area contributed by atoms with E-state index in [0.717, 1.165) is 38.3 Å². The van der Waals surface area contributed by atoms with E-state index < -0.39 is 0 Å². The molecule has 2 amide bonds. The lowest BCUT2D eigenvalue weighted by Crippen LogP contribution is -2.48. The lowest BCUT2D eigenvalue weighted by atomic mass is 10.1. The molecule has 1 aliphatic rings. The van der Waals surface area contributed by atoms with Crippen LogP contribution in [0.1, 0.15) is 17.5 Å². The minimum Gasteiger partial charge on any atom is -0.355 e. The van der Waals surface area contributed by atoms with Crippen molar-refractivity contribution >= 4 is 23.4 Å². The number of carbonyl (C=O) groups is 2. The maximum absolute atomic E-state index is 12.4. The van der Waals surface area contributed by atoms with E-state index in [2.05, 4.69) is 34.5 Å². The summed E-state index contributed by atoms with van der Waals surface area (Å²) < 4.78 is 0. The van der Waals surface area contributed by atoms with Crippen LogP contribution in [0.5, 0.6) is 0 Å². The summed E-state index contributed by atoms with van der Waals surface area (Å²) in [4.78, 5) is 28.6. The highest BCUT2D eigenvalue weighted by Crippen LogP contribution is 2.10. The van der Waals surface area contributed by atoms with Crippen molar-refractivity contribution in [1.82, 2.24) is 15.1 Å². The molecule has 1 fully saturated rings. The molecule has 0 radical (unpaired) electrons. The van der Waals surface area contributed by atoms with Gasteiger partial charge in [0.05, 0.1) is 6.42 Å². The van der Waals surface area contributed by atoms with Crippen molar-refractivity contribution in [1.29, 1.82) is 0 Å². The van der Waals surface area contributed by atoms with E-state index in [0.29, 0.717) is 24.4 Å². The fourth-order valence-electron chi connectivity index (χ4n) is 3.31. The summed E-state index contributed by atoms with van der Waals surface area (Å²) in [5.41, 5.74) is 2.20. The molecule has 1 saturated heterocycles. The van der Waals surface area contributed by atoms with Gasteiger partial charge in [-0.25, -0.2) is 0 Å². The van der Waals surface area contributed by atoms with E-state index in [1.807, 2.05) is 23.1 Å². The molecule has 2 aromatic carbocycles. The number of nitrogens with one attached hydrogen (secondary N) is 1. The Bertz CT molecular complexity index is 772. The van der Waals surface area contributed by atoms with Crippen LogP contribution in [0, 0.1) is 0 Å². The lowest BCUT2D eigenvalue weighted by molar-refractivity contribution is -0.133. The van der Waals surface area contributed by atoms with Gasteiger partial charge in [0, 0.05) is 50.7 Å². The summed E-state index contributed by atoms with van der Waals surface area (Å²) in [5, 5.41) is 3.48. The summed E-state index contributed by atoms with van der Waals surface area (Å²) in [6.45, 7) is 4.53. The zero-order valence-electron chi connectivity index (χ0n) is 15.9. The van der Waals surface area contributed by atoms with Gasteiger partial charge in [-0.3, -0.25) is 14.5 Å². The third kappa shape index (κ3) is 6.36. The van der Waals surface area contributed by atoms with Crippen molar-refractivity contribution in [2.45, 2.75) is 19.4 Å². The van der Waals surface area contributed by atoms with Crippen LogP contribution in [0.2, 0.25) is 5.02 Å². The first-order valence-corrected chi connectivity index (χ1v) is 10.0. The topological polar surface area (TPSA) is 52.7 Å². The third-order valence-electron chi connectivity index (χ3n) is 4.91. The van der Waals surface area contributed by atoms with Crippen molar-refractivity contribution in [3.05, 3.63) is 70.7 Å². The van der Waals surface area contributed by atoms with E-state index in [1.54, 1.807) is 12.1 Å². The maximum Gasteiger partial charge on any atom is 0.224 e. The molecule has 0 saturated carbocycles. The number of nitrogens with zero attached hydrogens (tertiary/aromatic N) is 2. The van der Waals surface area contributed by atoms with Gasteiger partial charge in [0.1, 0.15) is 0 Å². The Morgan fingerprint density at radius 3 is 2.25 bits per heavy atom. The fraction of sp³-hybridized carbons (Fsp3) is 0.364. The smallest absolute Gasteiger partial charge is 0.224 e. The number of carbonyl (C=O) groups excluding carboxylic acids is 2. The van der Waals surface area contributed by atoms with Crippen molar-refractivity contribution < 1.29 is 9.59 Å². The molecular weight excluding hydrogens is 374 g/mol. The number of halogens is 1. The molecule has 5 nitrogen and oxygen atoms in total. The van der Waals surface area contributed by atoms with Crippen molar-refractivity contribution in [2.24, 2.45) is 0 Å². The minimum atomic E-state index is -0.0807. The highest BCUT2D eigenvalue weighted by atomic mass is 35.5. The second-order valence-electron chi connectivity index (χ2n) is 7.05. The SMILES string of the molecule is O=C(Cc1ccc(Cl)cc1)NCCC(=O)N1CCN(Cc2ccccc2)CC1. The summed E-state index contributed by atoms with van der Waals surface area (Å²) in [7, 11) is 0. The van der Waals surface area contributed by atoms with Crippen molar-refractivity contribution in [3.8, 4) is 0 Å². The Balaban J connectivity index is 1.33. The molecule has 3 rings (SSSR count). The molecule has 0 atom stereocenters. The Kier molecular flexibility index (Phi) is 7.46. The highest BCUT2D eigenvalue weighted by Gasteiger charge is 2.20. The minimum absolute atomic E-state index is 0.0807. The zero-order valence-corrected chi connectivity index (χ0v) is 16.7. The van der Waals surface area contributed by atoms with Crippen LogP contribution in [-0.2, 0) is 22.6 Å². The van der Waals surface area contributed by atoms with E-state index in [9.17, 15) is 9.59 Å². The van der Waals surface area contributed by atoms with Crippen LogP contribution < -0.4 is 5.32 Å². The van der Waals surface area contributed by atoms with Gasteiger partial charge in [0.2, 0.25) is 11.8 Å². The number of piperazine rings is 1. The van der Waals surface area contributed by atoms with Gasteiger partial charge in [-0.2, -0.15) is 0 Å². The number of rotatable bonds is 7. The predicted octanol–water partition coefficient (Wildman–Crippen LogP) is 2.73. The summed E-state index contributed by atoms with van der Waals surface area (Å²) in [6, 6.07) is 17.6. The first-order valence-electron chi connectivity index (χ1n) is 9.65. The van der Waals surface area contributed by atoms with E-state index in [-0.39, 0.29) is 11.8 Å². The van der Waals surface area contributed by atoms with Crippen LogP contribution in [0.4, 0.5) is 0 Å². The van der Waals surface area contributed by atoms with Crippen molar-refractivity contribution in [2.75, 3.05) is 32.7 Å². The van der Waals surface area contributed by atoms with E-state index >= 15 is 0 Å². The summed E-state index contributed by atoms with van der Waals surface area (Å²) in [5.74, 6) is 0.0222. The quantitative estimate of drug-likeness (QED) is 0.778. The molecule has 0 aliphatic carbocycles. The third-order valence-corrected chi connectivity index (χ3v) is 5.16. The number of benzene rings is 2. The zero-order chi connectivity index (χ0) is 19.8. The Hall–Kier alpha value is -2.37. The molecule has 0 bridgehead atoms. The summed E-state index contributed by atoms with van der Waals surface area (Å²) >= 11 is 5.84. The standard InChI is InChI=1S/C22H26ClN3O2/c23-20-8-6-18(7-9-20)16-21(27)24-11-10-22(28)26-14-12-25(13-15-26)17-19-4-2-1-3-5-19/h1-9H,10-17H2,(H,24,27). The average Bonchev–Trinajstić information content (AvgIpc) is 2.71. The van der Waals surface area contributed by atoms with Crippen molar-refractivity contribution in [3.63, 3.8) is 0 Å². The number of amides is 2. The molecule has 28 heavy (non-hydrogen) atoms. The molecule has 0 spiro atoms. The molecule has 148 valence electrons. The Morgan fingerprint density at radius 2 is 1.57 bits per heavy atom. The summed E-state index contributed by atoms with van der Waals surface area (Å²) in [6.07, 6.45) is 0.633. The monoisotopic (exact) mass is 399 g/mol. The van der Waals surface area contributed by atoms with Gasteiger partial charge in [0.25, 0.3) is 0 Å². The second-order valence-corrected chi connectivity index (χ2v) is 7.48. The van der Waals surface area contributed by atoms with E-state index in [4.69, 9.17) is 11.6 Å². The average molecular weight is 400 g/mol. The number of hydrogen-bond donors (Lipinski definition) is 1. The maximum atomic E-state index is 12.4. The lowest BCUT2D eigenvalue weighted by Gasteiger charge is -2.34. The van der Waals surface area contributed by atoms with Crippen LogP contribution in [0.25, 0.3) is 0 Å². The van der Waals surface area contributed by atoms with Gasteiger partial charge < -0.3 is 10.2 Å². The Labute approximate surface area is 171 Å². The van der Waals surface area contributed by atoms with E-state index in [1.165, 1.54) is 5.56 Å². The molecule has 2 aromatic rings. The van der Waals surface area contributed by atoms with Gasteiger partial charge in [-0.1, -0.05) is 54.1 Å². The van der Waals surface area contributed by atoms with Gasteiger partial charge in [-0.15, -0.1) is 0 Å². The van der Waals surface area contributed by atoms with Gasteiger partial charge in [-0.05, 0) is 23.3 Å². The number of hydrogen-bond acceptors (Lipinski definition) is 3. The molecule has 0 aromatic heterocycles. The molecule has 1 heterocycles. The fourth-order valence-corrected chi connectivity index (χ4v) is 3.44. The first kappa shape index (κ1) is 20.4. The molecule has 6 heteroatoms. The highest BCUT2D eigenvalue weighted by molar-refractivity contribution is 6.30. The van der Waals surface area contributed by atoms with Crippen LogP contribution in [-0.4, -0.2) is 54.3 Å². The molecular formula is C22H26ClN3O2. The normalized spacial score (nSPS) is 14.7. The van der Waals surface area contributed by atoms with Gasteiger partial charge in [0.15, 0.2) is 0 Å². The Morgan fingerprint density at radius 1 is 0.893 bits per heavy atom.